The van der Waals surface area contributed by atoms with E-state index in [-0.39, 0.29) is 13.1 Å². The van der Waals surface area contributed by atoms with Crippen LogP contribution in [0.2, 0.25) is 0 Å². The summed E-state index contributed by atoms with van der Waals surface area (Å²) in [5, 5.41) is 2.58. The Labute approximate surface area is 155 Å². The molecule has 2 rings (SSSR count). The molecule has 9 heteroatoms. The van der Waals surface area contributed by atoms with E-state index in [9.17, 15) is 26.4 Å². The molecule has 0 aliphatic heterocycles. The third kappa shape index (κ3) is 7.03. The van der Waals surface area contributed by atoms with Crippen molar-refractivity contribution in [1.29, 1.82) is 0 Å². The van der Waals surface area contributed by atoms with Crippen LogP contribution in [0.4, 0.5) is 13.2 Å². The van der Waals surface area contributed by atoms with Crippen LogP contribution in [-0.4, -0.2) is 27.1 Å². The first-order valence-electron chi connectivity index (χ1n) is 8.02. The minimum atomic E-state index is -4.43. The number of carbonyl (C=O) groups is 1. The molecule has 0 atom stereocenters. The van der Waals surface area contributed by atoms with Gasteiger partial charge in [-0.05, 0) is 41.8 Å². The summed E-state index contributed by atoms with van der Waals surface area (Å²) < 4.78 is 62.5. The fraction of sp³-hybridized carbons (Fsp3) is 0.278. The fourth-order valence-corrected chi connectivity index (χ4v) is 2.82. The van der Waals surface area contributed by atoms with Crippen molar-refractivity contribution < 1.29 is 26.4 Å². The molecule has 0 bridgehead atoms. The van der Waals surface area contributed by atoms with Crippen molar-refractivity contribution in [2.24, 2.45) is 0 Å². The molecule has 146 valence electrons. The molecule has 5 nitrogen and oxygen atoms in total. The summed E-state index contributed by atoms with van der Waals surface area (Å²) in [6.07, 6.45) is -2.88. The molecule has 2 aromatic carbocycles. The van der Waals surface area contributed by atoms with Crippen molar-refractivity contribution in [3.8, 4) is 0 Å². The summed E-state index contributed by atoms with van der Waals surface area (Å²) in [5.41, 5.74) is 0.797. The van der Waals surface area contributed by atoms with Crippen LogP contribution in [0.1, 0.15) is 27.0 Å². The van der Waals surface area contributed by atoms with E-state index in [1.54, 1.807) is 24.3 Å². The van der Waals surface area contributed by atoms with Gasteiger partial charge >= 0.3 is 6.18 Å². The maximum Gasteiger partial charge on any atom is 0.416 e. The Morgan fingerprint density at radius 1 is 1.04 bits per heavy atom. The van der Waals surface area contributed by atoms with Crippen molar-refractivity contribution in [2.45, 2.75) is 19.1 Å². The van der Waals surface area contributed by atoms with Gasteiger partial charge in [-0.3, -0.25) is 4.79 Å². The first-order valence-corrected chi connectivity index (χ1v) is 9.92. The zero-order chi connectivity index (χ0) is 20.1. The van der Waals surface area contributed by atoms with Gasteiger partial charge in [-0.1, -0.05) is 24.3 Å². The van der Waals surface area contributed by atoms with Gasteiger partial charge in [0.2, 0.25) is 10.0 Å². The van der Waals surface area contributed by atoms with Crippen molar-refractivity contribution in [2.75, 3.05) is 12.8 Å². The number of rotatable bonds is 7. The SMILES string of the molecule is CS(=O)(=O)NCCc1ccc(C(=O)NCc2cccc(C(F)(F)F)c2)cc1. The third-order valence-electron chi connectivity index (χ3n) is 3.70. The zero-order valence-corrected chi connectivity index (χ0v) is 15.3. The minimum absolute atomic E-state index is 0.0250. The van der Waals surface area contributed by atoms with Gasteiger partial charge in [0.1, 0.15) is 0 Å². The van der Waals surface area contributed by atoms with Crippen molar-refractivity contribution in [1.82, 2.24) is 10.0 Å². The number of alkyl halides is 3. The average molecular weight is 400 g/mol. The van der Waals surface area contributed by atoms with Gasteiger partial charge in [0.25, 0.3) is 5.91 Å². The number of hydrogen-bond acceptors (Lipinski definition) is 3. The van der Waals surface area contributed by atoms with E-state index in [1.807, 2.05) is 0 Å². The first kappa shape index (κ1) is 20.9. The molecule has 1 amide bonds. The Bertz CT molecular complexity index is 895. The van der Waals surface area contributed by atoms with Gasteiger partial charge in [-0.2, -0.15) is 13.2 Å². The van der Waals surface area contributed by atoms with Gasteiger partial charge in [0, 0.05) is 18.7 Å². The predicted octanol–water partition coefficient (Wildman–Crippen LogP) is 2.73. The number of hydrogen-bond donors (Lipinski definition) is 2. The van der Waals surface area contributed by atoms with E-state index in [0.717, 1.165) is 24.0 Å². The van der Waals surface area contributed by atoms with E-state index >= 15 is 0 Å². The molecular weight excluding hydrogens is 381 g/mol. The highest BCUT2D eigenvalue weighted by molar-refractivity contribution is 7.88. The molecule has 0 spiro atoms. The first-order chi connectivity index (χ1) is 12.5. The molecule has 27 heavy (non-hydrogen) atoms. The summed E-state index contributed by atoms with van der Waals surface area (Å²) in [5.74, 6) is -0.409. The minimum Gasteiger partial charge on any atom is -0.348 e. The largest absolute Gasteiger partial charge is 0.416 e. The predicted molar refractivity (Wildman–Crippen MR) is 95.6 cm³/mol. The maximum atomic E-state index is 12.7. The van der Waals surface area contributed by atoms with E-state index in [0.29, 0.717) is 17.5 Å². The van der Waals surface area contributed by atoms with Crippen LogP contribution in [0, 0.1) is 0 Å². The zero-order valence-electron chi connectivity index (χ0n) is 14.5. The quantitative estimate of drug-likeness (QED) is 0.751. The summed E-state index contributed by atoms with van der Waals surface area (Å²) in [4.78, 5) is 12.1. The van der Waals surface area contributed by atoms with Gasteiger partial charge in [-0.25, -0.2) is 13.1 Å². The number of carbonyl (C=O) groups excluding carboxylic acids is 1. The van der Waals surface area contributed by atoms with Crippen molar-refractivity contribution in [3.05, 3.63) is 70.8 Å². The Balaban J connectivity index is 1.91. The number of amides is 1. The van der Waals surface area contributed by atoms with Crippen LogP contribution in [0.15, 0.2) is 48.5 Å². The highest BCUT2D eigenvalue weighted by atomic mass is 32.2. The van der Waals surface area contributed by atoms with Gasteiger partial charge in [0.15, 0.2) is 0 Å². The fourth-order valence-electron chi connectivity index (χ4n) is 2.35. The molecule has 2 N–H and O–H groups in total. The monoisotopic (exact) mass is 400 g/mol. The Hall–Kier alpha value is -2.39. The van der Waals surface area contributed by atoms with Crippen molar-refractivity contribution in [3.63, 3.8) is 0 Å². The van der Waals surface area contributed by atoms with Gasteiger partial charge in [0.05, 0.1) is 11.8 Å². The highest BCUT2D eigenvalue weighted by Gasteiger charge is 2.30. The maximum absolute atomic E-state index is 12.7. The smallest absolute Gasteiger partial charge is 0.348 e. The Morgan fingerprint density at radius 2 is 1.70 bits per heavy atom. The van der Waals surface area contributed by atoms with E-state index in [1.165, 1.54) is 12.1 Å². The van der Waals surface area contributed by atoms with Gasteiger partial charge in [-0.15, -0.1) is 0 Å². The van der Waals surface area contributed by atoms with Crippen LogP contribution >= 0.6 is 0 Å². The van der Waals surface area contributed by atoms with E-state index < -0.39 is 27.7 Å². The topological polar surface area (TPSA) is 75.3 Å². The Morgan fingerprint density at radius 3 is 2.30 bits per heavy atom. The Kier molecular flexibility index (Phi) is 6.61. The lowest BCUT2D eigenvalue weighted by Gasteiger charge is -2.10. The molecule has 0 heterocycles. The molecule has 0 aliphatic rings. The second-order valence-corrected chi connectivity index (χ2v) is 7.83. The lowest BCUT2D eigenvalue weighted by Crippen LogP contribution is -2.24. The summed E-state index contributed by atoms with van der Waals surface area (Å²) in [7, 11) is -3.25. The summed E-state index contributed by atoms with van der Waals surface area (Å²) in [6.45, 7) is 0.225. The van der Waals surface area contributed by atoms with Crippen LogP contribution in [0.5, 0.6) is 0 Å². The molecule has 0 unspecified atom stereocenters. The summed E-state index contributed by atoms with van der Waals surface area (Å²) in [6, 6.07) is 11.3. The standard InChI is InChI=1S/C18H19F3N2O3S/c1-27(25,26)23-10-9-13-5-7-15(8-6-13)17(24)22-12-14-3-2-4-16(11-14)18(19,20)21/h2-8,11,23H,9-10,12H2,1H3,(H,22,24). The second-order valence-electron chi connectivity index (χ2n) is 5.99. The number of nitrogens with one attached hydrogen (secondary N) is 2. The van der Waals surface area contributed by atoms with E-state index in [4.69, 9.17) is 0 Å². The molecule has 0 saturated heterocycles. The van der Waals surface area contributed by atoms with Crippen LogP contribution in [-0.2, 0) is 29.2 Å². The number of sulfonamides is 1. The third-order valence-corrected chi connectivity index (χ3v) is 4.43. The van der Waals surface area contributed by atoms with Crippen LogP contribution in [0.25, 0.3) is 0 Å². The lowest BCUT2D eigenvalue weighted by atomic mass is 10.1. The normalized spacial score (nSPS) is 12.0. The second kappa shape index (κ2) is 8.53. The highest BCUT2D eigenvalue weighted by Crippen LogP contribution is 2.29. The number of benzene rings is 2. The molecule has 2 aromatic rings. The average Bonchev–Trinajstić information content (AvgIpc) is 2.59. The van der Waals surface area contributed by atoms with Crippen molar-refractivity contribution >= 4 is 15.9 Å². The molecule has 0 radical (unpaired) electrons. The van der Waals surface area contributed by atoms with Gasteiger partial charge < -0.3 is 5.32 Å². The molecule has 0 saturated carbocycles. The molecular formula is C18H19F3N2O3S. The molecule has 0 aromatic heterocycles. The van der Waals surface area contributed by atoms with Crippen LogP contribution in [0.3, 0.4) is 0 Å². The summed E-state index contributed by atoms with van der Waals surface area (Å²) >= 11 is 0. The van der Waals surface area contributed by atoms with E-state index in [2.05, 4.69) is 10.0 Å². The molecule has 0 aliphatic carbocycles. The number of halogens is 3. The molecule has 0 fully saturated rings. The van der Waals surface area contributed by atoms with Crippen LogP contribution < -0.4 is 10.0 Å². The lowest BCUT2D eigenvalue weighted by molar-refractivity contribution is -0.137.